The van der Waals surface area contributed by atoms with Gasteiger partial charge in [0.1, 0.15) is 11.8 Å². The van der Waals surface area contributed by atoms with E-state index >= 15 is 0 Å². The highest BCUT2D eigenvalue weighted by molar-refractivity contribution is 7.99. The minimum absolute atomic E-state index is 0.0105. The number of aliphatic hydroxyl groups excluding tert-OH is 1. The molecule has 1 fully saturated rings. The topological polar surface area (TPSA) is 116 Å². The molecule has 11 heteroatoms. The van der Waals surface area contributed by atoms with Crippen molar-refractivity contribution in [2.24, 2.45) is 5.92 Å². The lowest BCUT2D eigenvalue weighted by Crippen LogP contribution is -2.53. The smallest absolute Gasteiger partial charge is 0.244 e. The fraction of sp³-hybridized carbons (Fsp3) is 0.652. The normalized spacial score (nSPS) is 17.8. The van der Waals surface area contributed by atoms with Crippen LogP contribution in [-0.2, 0) is 19.6 Å². The lowest BCUT2D eigenvalue weighted by atomic mass is 10.1. The zero-order valence-corrected chi connectivity index (χ0v) is 22.4. The summed E-state index contributed by atoms with van der Waals surface area (Å²) in [6.45, 7) is 9.34. The molecule has 0 aromatic heterocycles. The number of hydrogen-bond donors (Lipinski definition) is 2. The van der Waals surface area contributed by atoms with Crippen LogP contribution in [0, 0.1) is 5.92 Å². The summed E-state index contributed by atoms with van der Waals surface area (Å²) in [6.07, 6.45) is -1.48. The Bertz CT molecular complexity index is 944. The van der Waals surface area contributed by atoms with E-state index < -0.39 is 27.7 Å². The molecule has 1 saturated heterocycles. The maximum Gasteiger partial charge on any atom is 0.244 e. The second kappa shape index (κ2) is 11.7. The number of benzene rings is 1. The first-order chi connectivity index (χ1) is 15.7. The first kappa shape index (κ1) is 28.4. The van der Waals surface area contributed by atoms with Crippen molar-refractivity contribution in [2.75, 3.05) is 31.8 Å². The fourth-order valence-corrected chi connectivity index (χ4v) is 6.37. The number of aliphatic hydroxyl groups is 1. The van der Waals surface area contributed by atoms with Gasteiger partial charge in [-0.25, -0.2) is 8.42 Å². The summed E-state index contributed by atoms with van der Waals surface area (Å²) >= 11 is 1.47. The molecule has 34 heavy (non-hydrogen) atoms. The average molecular weight is 516 g/mol. The van der Waals surface area contributed by atoms with E-state index in [4.69, 9.17) is 4.74 Å². The number of sulfonamides is 1. The van der Waals surface area contributed by atoms with Gasteiger partial charge in [0.15, 0.2) is 0 Å². The van der Waals surface area contributed by atoms with Gasteiger partial charge in [-0.05, 0) is 51.0 Å². The molecular weight excluding hydrogens is 478 g/mol. The van der Waals surface area contributed by atoms with E-state index in [1.54, 1.807) is 12.1 Å². The highest BCUT2D eigenvalue weighted by Gasteiger charge is 2.37. The number of amides is 2. The van der Waals surface area contributed by atoms with Gasteiger partial charge >= 0.3 is 0 Å². The third-order valence-corrected chi connectivity index (χ3v) is 7.95. The largest absolute Gasteiger partial charge is 0.497 e. The Balaban J connectivity index is 2.11. The van der Waals surface area contributed by atoms with Crippen LogP contribution in [-0.4, -0.2) is 84.1 Å². The molecule has 1 aromatic carbocycles. The number of nitrogens with one attached hydrogen (secondary N) is 1. The van der Waals surface area contributed by atoms with Gasteiger partial charge in [-0.1, -0.05) is 13.8 Å². The number of carbonyl (C=O) groups is 2. The van der Waals surface area contributed by atoms with Crippen LogP contribution in [0.3, 0.4) is 0 Å². The monoisotopic (exact) mass is 515 g/mol. The van der Waals surface area contributed by atoms with Crippen molar-refractivity contribution in [3.05, 3.63) is 24.3 Å². The van der Waals surface area contributed by atoms with E-state index in [0.29, 0.717) is 17.4 Å². The Hall–Kier alpha value is -1.82. The van der Waals surface area contributed by atoms with Crippen LogP contribution in [0.5, 0.6) is 5.75 Å². The molecule has 0 radical (unpaired) electrons. The molecule has 1 aliphatic rings. The Kier molecular flexibility index (Phi) is 9.81. The van der Waals surface area contributed by atoms with E-state index in [1.807, 2.05) is 34.6 Å². The minimum Gasteiger partial charge on any atom is -0.497 e. The van der Waals surface area contributed by atoms with Crippen LogP contribution < -0.4 is 10.1 Å². The number of ether oxygens (including phenoxy) is 1. The van der Waals surface area contributed by atoms with E-state index in [2.05, 4.69) is 5.32 Å². The number of carbonyl (C=O) groups excluding carboxylic acids is 2. The maximum atomic E-state index is 13.2. The third-order valence-electron chi connectivity index (χ3n) is 5.09. The van der Waals surface area contributed by atoms with Crippen molar-refractivity contribution >= 4 is 33.6 Å². The lowest BCUT2D eigenvalue weighted by molar-refractivity contribution is -0.140. The summed E-state index contributed by atoms with van der Waals surface area (Å²) in [5, 5.41) is 13.6. The van der Waals surface area contributed by atoms with Crippen LogP contribution >= 0.6 is 11.8 Å². The summed E-state index contributed by atoms with van der Waals surface area (Å²) in [4.78, 5) is 27.1. The van der Waals surface area contributed by atoms with Gasteiger partial charge in [0.25, 0.3) is 0 Å². The molecule has 0 saturated carbocycles. The minimum atomic E-state index is -3.89. The Labute approximate surface area is 207 Å². The van der Waals surface area contributed by atoms with Gasteiger partial charge in [0.2, 0.25) is 21.8 Å². The molecule has 1 aromatic rings. The predicted octanol–water partition coefficient (Wildman–Crippen LogP) is 1.91. The number of nitrogens with zero attached hydrogens (tertiary/aromatic N) is 2. The van der Waals surface area contributed by atoms with Crippen LogP contribution in [0.4, 0.5) is 0 Å². The van der Waals surface area contributed by atoms with Crippen molar-refractivity contribution in [3.8, 4) is 5.75 Å². The molecule has 0 aliphatic carbocycles. The van der Waals surface area contributed by atoms with E-state index in [-0.39, 0.29) is 42.1 Å². The average Bonchev–Trinajstić information content (AvgIpc) is 3.22. The molecule has 2 rings (SSSR count). The SMILES string of the molecule is COc1ccc(S(=O)(=O)N(CC(C)C)C[C@@H](O)CC(=O)N2CSCC2C(=O)NC(C)(C)C)cc1. The first-order valence-corrected chi connectivity index (χ1v) is 13.9. The van der Waals surface area contributed by atoms with Crippen molar-refractivity contribution in [1.82, 2.24) is 14.5 Å². The standard InChI is InChI=1S/C23H37N3O6S2/c1-16(2)12-25(34(30,31)19-9-7-18(32-6)8-10-19)13-17(27)11-21(28)26-15-33-14-20(26)22(29)24-23(3,4)5/h7-10,16-17,20,27H,11-15H2,1-6H3,(H,24,29)/t17-,20?/m0/s1. The highest BCUT2D eigenvalue weighted by atomic mass is 32.2. The van der Waals surface area contributed by atoms with Crippen LogP contribution in [0.1, 0.15) is 41.0 Å². The Morgan fingerprint density at radius 1 is 1.24 bits per heavy atom. The second-order valence-corrected chi connectivity index (χ2v) is 12.8. The van der Waals surface area contributed by atoms with E-state index in [0.717, 1.165) is 0 Å². The molecule has 192 valence electrons. The zero-order valence-electron chi connectivity index (χ0n) is 20.8. The molecule has 1 heterocycles. The van der Waals surface area contributed by atoms with Crippen molar-refractivity contribution in [2.45, 2.75) is 63.6 Å². The van der Waals surface area contributed by atoms with Gasteiger partial charge in [-0.3, -0.25) is 9.59 Å². The lowest BCUT2D eigenvalue weighted by Gasteiger charge is -2.29. The summed E-state index contributed by atoms with van der Waals surface area (Å²) < 4.78 is 32.8. The van der Waals surface area contributed by atoms with Crippen molar-refractivity contribution in [1.29, 1.82) is 0 Å². The van der Waals surface area contributed by atoms with Crippen molar-refractivity contribution < 1.29 is 27.9 Å². The van der Waals surface area contributed by atoms with Crippen molar-refractivity contribution in [3.63, 3.8) is 0 Å². The Morgan fingerprint density at radius 2 is 1.85 bits per heavy atom. The first-order valence-electron chi connectivity index (χ1n) is 11.3. The summed E-state index contributed by atoms with van der Waals surface area (Å²) in [5.41, 5.74) is -0.425. The highest BCUT2D eigenvalue weighted by Crippen LogP contribution is 2.24. The van der Waals surface area contributed by atoms with Crippen LogP contribution in [0.2, 0.25) is 0 Å². The van der Waals surface area contributed by atoms with Crippen LogP contribution in [0.15, 0.2) is 29.2 Å². The van der Waals surface area contributed by atoms with Gasteiger partial charge in [0, 0.05) is 24.4 Å². The molecule has 0 bridgehead atoms. The molecule has 1 aliphatic heterocycles. The number of hydrogen-bond acceptors (Lipinski definition) is 7. The summed E-state index contributed by atoms with van der Waals surface area (Å²) in [6, 6.07) is 5.43. The summed E-state index contributed by atoms with van der Waals surface area (Å²) in [5.74, 6) is 0.773. The molecule has 2 amide bonds. The molecule has 2 atom stereocenters. The quantitative estimate of drug-likeness (QED) is 0.489. The fourth-order valence-electron chi connectivity index (χ4n) is 3.55. The number of thioether (sulfide) groups is 1. The zero-order chi connectivity index (χ0) is 25.7. The second-order valence-electron chi connectivity index (χ2n) is 9.87. The van der Waals surface area contributed by atoms with Crippen LogP contribution in [0.25, 0.3) is 0 Å². The maximum absolute atomic E-state index is 13.2. The molecule has 0 spiro atoms. The number of methoxy groups -OCH3 is 1. The van der Waals surface area contributed by atoms with Gasteiger partial charge in [-0.2, -0.15) is 4.31 Å². The molecule has 1 unspecified atom stereocenters. The Morgan fingerprint density at radius 3 is 2.38 bits per heavy atom. The van der Waals surface area contributed by atoms with Gasteiger partial charge < -0.3 is 20.1 Å². The molecule has 2 N–H and O–H groups in total. The van der Waals surface area contributed by atoms with E-state index in [1.165, 1.54) is 40.2 Å². The molecule has 9 nitrogen and oxygen atoms in total. The number of rotatable bonds is 10. The van der Waals surface area contributed by atoms with E-state index in [9.17, 15) is 23.1 Å². The predicted molar refractivity (Wildman–Crippen MR) is 133 cm³/mol. The summed E-state index contributed by atoms with van der Waals surface area (Å²) in [7, 11) is -2.39. The molecular formula is C23H37N3O6S2. The van der Waals surface area contributed by atoms with Gasteiger partial charge in [0.05, 0.1) is 30.4 Å². The third kappa shape index (κ3) is 7.86. The van der Waals surface area contributed by atoms with Gasteiger partial charge in [-0.15, -0.1) is 11.8 Å².